The van der Waals surface area contributed by atoms with Crippen molar-refractivity contribution in [2.24, 2.45) is 0 Å². The number of ether oxygens (including phenoxy) is 1. The van der Waals surface area contributed by atoms with Crippen molar-refractivity contribution < 1.29 is 14.6 Å². The second kappa shape index (κ2) is 4.82. The lowest BCUT2D eigenvalue weighted by atomic mass is 9.98. The molecule has 1 aromatic rings. The van der Waals surface area contributed by atoms with E-state index in [4.69, 9.17) is 4.74 Å². The third-order valence-electron chi connectivity index (χ3n) is 2.41. The fourth-order valence-electron chi connectivity index (χ4n) is 1.39. The first-order valence-corrected chi connectivity index (χ1v) is 5.06. The van der Waals surface area contributed by atoms with Crippen molar-refractivity contribution in [1.29, 1.82) is 0 Å². The van der Waals surface area contributed by atoms with Gasteiger partial charge in [0.15, 0.2) is 0 Å². The molecular formula is C12H16O3. The van der Waals surface area contributed by atoms with E-state index >= 15 is 0 Å². The molecule has 1 atom stereocenters. The Labute approximate surface area is 89.7 Å². The van der Waals surface area contributed by atoms with E-state index in [0.29, 0.717) is 11.7 Å². The van der Waals surface area contributed by atoms with E-state index in [2.05, 4.69) is 6.92 Å². The SMILES string of the molecule is CCC(C)c1ccc(OC(C)=O)cc1O. The Bertz CT molecular complexity index is 358. The predicted octanol–water partition coefficient (Wildman–Crippen LogP) is 2.83. The summed E-state index contributed by atoms with van der Waals surface area (Å²) in [7, 11) is 0. The Morgan fingerprint density at radius 1 is 1.53 bits per heavy atom. The highest BCUT2D eigenvalue weighted by Crippen LogP contribution is 2.31. The van der Waals surface area contributed by atoms with E-state index in [9.17, 15) is 9.90 Å². The van der Waals surface area contributed by atoms with Gasteiger partial charge in [-0.05, 0) is 24.0 Å². The van der Waals surface area contributed by atoms with Crippen molar-refractivity contribution in [3.05, 3.63) is 23.8 Å². The van der Waals surface area contributed by atoms with Gasteiger partial charge in [-0.15, -0.1) is 0 Å². The van der Waals surface area contributed by atoms with E-state index in [1.165, 1.54) is 13.0 Å². The standard InChI is InChI=1S/C12H16O3/c1-4-8(2)11-6-5-10(7-12(11)14)15-9(3)13/h5-8,14H,4H2,1-3H3. The molecule has 0 saturated heterocycles. The number of rotatable bonds is 3. The zero-order valence-electron chi connectivity index (χ0n) is 9.28. The Kier molecular flexibility index (Phi) is 3.72. The van der Waals surface area contributed by atoms with Crippen molar-refractivity contribution in [2.45, 2.75) is 33.1 Å². The van der Waals surface area contributed by atoms with Crippen LogP contribution in [0.1, 0.15) is 38.7 Å². The van der Waals surface area contributed by atoms with E-state index in [1.807, 2.05) is 6.92 Å². The number of carbonyl (C=O) groups excluding carboxylic acids is 1. The van der Waals surface area contributed by atoms with Crippen LogP contribution in [0.3, 0.4) is 0 Å². The van der Waals surface area contributed by atoms with Crippen LogP contribution >= 0.6 is 0 Å². The van der Waals surface area contributed by atoms with Crippen molar-refractivity contribution in [3.8, 4) is 11.5 Å². The van der Waals surface area contributed by atoms with Gasteiger partial charge in [0, 0.05) is 13.0 Å². The molecule has 15 heavy (non-hydrogen) atoms. The average Bonchev–Trinajstić information content (AvgIpc) is 2.16. The first-order chi connectivity index (χ1) is 7.04. The lowest BCUT2D eigenvalue weighted by Gasteiger charge is -2.12. The van der Waals surface area contributed by atoms with Crippen LogP contribution in [0.15, 0.2) is 18.2 Å². The predicted molar refractivity (Wildman–Crippen MR) is 58.1 cm³/mol. The molecule has 0 aromatic heterocycles. The van der Waals surface area contributed by atoms with Crippen molar-refractivity contribution in [2.75, 3.05) is 0 Å². The molecule has 0 heterocycles. The number of esters is 1. The van der Waals surface area contributed by atoms with Crippen LogP contribution in [-0.4, -0.2) is 11.1 Å². The van der Waals surface area contributed by atoms with Gasteiger partial charge in [-0.25, -0.2) is 0 Å². The maximum absolute atomic E-state index is 10.7. The van der Waals surface area contributed by atoms with Gasteiger partial charge in [0.05, 0.1) is 0 Å². The molecule has 1 rings (SSSR count). The summed E-state index contributed by atoms with van der Waals surface area (Å²) in [5.41, 5.74) is 0.883. The van der Waals surface area contributed by atoms with Crippen LogP contribution in [0.25, 0.3) is 0 Å². The topological polar surface area (TPSA) is 46.5 Å². The molecule has 1 aromatic carbocycles. The Morgan fingerprint density at radius 2 is 2.20 bits per heavy atom. The number of carbonyl (C=O) groups is 1. The molecule has 3 heteroatoms. The zero-order chi connectivity index (χ0) is 11.4. The van der Waals surface area contributed by atoms with E-state index in [0.717, 1.165) is 12.0 Å². The summed E-state index contributed by atoms with van der Waals surface area (Å²) in [6, 6.07) is 4.97. The minimum atomic E-state index is -0.384. The van der Waals surface area contributed by atoms with Gasteiger partial charge < -0.3 is 9.84 Å². The molecule has 82 valence electrons. The fraction of sp³-hybridized carbons (Fsp3) is 0.417. The summed E-state index contributed by atoms with van der Waals surface area (Å²) >= 11 is 0. The summed E-state index contributed by atoms with van der Waals surface area (Å²) < 4.78 is 4.86. The summed E-state index contributed by atoms with van der Waals surface area (Å²) in [4.78, 5) is 10.7. The summed E-state index contributed by atoms with van der Waals surface area (Å²) in [6.45, 7) is 5.43. The normalized spacial score (nSPS) is 12.2. The first-order valence-electron chi connectivity index (χ1n) is 5.06. The van der Waals surface area contributed by atoms with Crippen LogP contribution in [-0.2, 0) is 4.79 Å². The number of hydrogen-bond donors (Lipinski definition) is 1. The van der Waals surface area contributed by atoms with Crippen LogP contribution in [0.5, 0.6) is 11.5 Å². The molecule has 0 spiro atoms. The molecule has 1 N–H and O–H groups in total. The van der Waals surface area contributed by atoms with Crippen LogP contribution < -0.4 is 4.74 Å². The van der Waals surface area contributed by atoms with Crippen molar-refractivity contribution in [3.63, 3.8) is 0 Å². The van der Waals surface area contributed by atoms with Gasteiger partial charge in [-0.2, -0.15) is 0 Å². The Hall–Kier alpha value is -1.51. The minimum Gasteiger partial charge on any atom is -0.508 e. The molecule has 3 nitrogen and oxygen atoms in total. The second-order valence-electron chi connectivity index (χ2n) is 3.62. The maximum Gasteiger partial charge on any atom is 0.308 e. The molecule has 0 fully saturated rings. The summed E-state index contributed by atoms with van der Waals surface area (Å²) in [5, 5.41) is 9.71. The second-order valence-corrected chi connectivity index (χ2v) is 3.62. The molecule has 0 aliphatic heterocycles. The van der Waals surface area contributed by atoms with Gasteiger partial charge in [0.1, 0.15) is 11.5 Å². The van der Waals surface area contributed by atoms with E-state index < -0.39 is 0 Å². The maximum atomic E-state index is 10.7. The molecule has 0 radical (unpaired) electrons. The highest BCUT2D eigenvalue weighted by Gasteiger charge is 2.10. The first kappa shape index (κ1) is 11.6. The fourth-order valence-corrected chi connectivity index (χ4v) is 1.39. The van der Waals surface area contributed by atoms with Gasteiger partial charge in [0.25, 0.3) is 0 Å². The van der Waals surface area contributed by atoms with Crippen LogP contribution in [0.4, 0.5) is 0 Å². The third kappa shape index (κ3) is 2.98. The Balaban J connectivity index is 2.92. The van der Waals surface area contributed by atoms with Crippen molar-refractivity contribution >= 4 is 5.97 Å². The molecule has 1 unspecified atom stereocenters. The Morgan fingerprint density at radius 3 is 2.67 bits per heavy atom. The summed E-state index contributed by atoms with van der Waals surface area (Å²) in [5.74, 6) is 0.484. The number of benzene rings is 1. The largest absolute Gasteiger partial charge is 0.508 e. The van der Waals surface area contributed by atoms with Crippen LogP contribution in [0.2, 0.25) is 0 Å². The van der Waals surface area contributed by atoms with E-state index in [1.54, 1.807) is 12.1 Å². The molecule has 0 amide bonds. The zero-order valence-corrected chi connectivity index (χ0v) is 9.28. The van der Waals surface area contributed by atoms with Crippen molar-refractivity contribution in [1.82, 2.24) is 0 Å². The smallest absolute Gasteiger partial charge is 0.308 e. The number of aromatic hydroxyl groups is 1. The molecule has 0 saturated carbocycles. The highest BCUT2D eigenvalue weighted by molar-refractivity contribution is 5.69. The minimum absolute atomic E-state index is 0.183. The van der Waals surface area contributed by atoms with Gasteiger partial charge >= 0.3 is 5.97 Å². The number of phenolic OH excluding ortho intramolecular Hbond substituents is 1. The quantitative estimate of drug-likeness (QED) is 0.613. The average molecular weight is 208 g/mol. The van der Waals surface area contributed by atoms with Crippen LogP contribution in [0, 0.1) is 0 Å². The molecule has 0 aliphatic carbocycles. The van der Waals surface area contributed by atoms with Gasteiger partial charge in [0.2, 0.25) is 0 Å². The van der Waals surface area contributed by atoms with E-state index in [-0.39, 0.29) is 11.7 Å². The lowest BCUT2D eigenvalue weighted by molar-refractivity contribution is -0.131. The van der Waals surface area contributed by atoms with Gasteiger partial charge in [-0.1, -0.05) is 19.9 Å². The third-order valence-corrected chi connectivity index (χ3v) is 2.41. The summed E-state index contributed by atoms with van der Waals surface area (Å²) in [6.07, 6.45) is 0.959. The lowest BCUT2D eigenvalue weighted by Crippen LogP contribution is -2.01. The number of hydrogen-bond acceptors (Lipinski definition) is 3. The van der Waals surface area contributed by atoms with Gasteiger partial charge in [-0.3, -0.25) is 4.79 Å². The monoisotopic (exact) mass is 208 g/mol. The highest BCUT2D eigenvalue weighted by atomic mass is 16.5. The number of phenols is 1. The molecular weight excluding hydrogens is 192 g/mol. The molecule has 0 bridgehead atoms. The molecule has 0 aliphatic rings.